The summed E-state index contributed by atoms with van der Waals surface area (Å²) in [6, 6.07) is 1.27. The van der Waals surface area contributed by atoms with Crippen molar-refractivity contribution in [1.29, 1.82) is 0 Å². The Morgan fingerprint density at radius 1 is 1.42 bits per heavy atom. The Morgan fingerprint density at radius 2 is 2.00 bits per heavy atom. The first-order valence-corrected chi connectivity index (χ1v) is 6.32. The molecule has 1 aromatic rings. The summed E-state index contributed by atoms with van der Waals surface area (Å²) in [6.07, 6.45) is -4.67. The highest BCUT2D eigenvalue weighted by Gasteiger charge is 2.40. The second-order valence-electron chi connectivity index (χ2n) is 3.59. The number of nitrogens with zero attached hydrogens (tertiary/aromatic N) is 1. The Labute approximate surface area is 107 Å². The van der Waals surface area contributed by atoms with Crippen LogP contribution in [0.25, 0.3) is 0 Å². The third-order valence-corrected chi connectivity index (χ3v) is 3.51. The number of hydrogen-bond donors (Lipinski definition) is 0. The molecular formula is C10H10F3NO4P+. The van der Waals surface area contributed by atoms with E-state index in [-0.39, 0.29) is 12.2 Å². The molecule has 0 N–H and O–H groups in total. The van der Waals surface area contributed by atoms with Gasteiger partial charge in [0.2, 0.25) is 0 Å². The summed E-state index contributed by atoms with van der Waals surface area (Å²) in [4.78, 5) is 9.90. The zero-order valence-electron chi connectivity index (χ0n) is 10.0. The van der Waals surface area contributed by atoms with Gasteiger partial charge in [-0.1, -0.05) is 0 Å². The average Bonchev–Trinajstić information content (AvgIpc) is 2.26. The standard InChI is InChI=1S/C10H10F3NO4P/c1-3-18-19(17)9-5-7(10(11,12)13)6(2)4-8(9)14(15)16/h4-5H,3H2,1-2H3/q+1. The first kappa shape index (κ1) is 15.5. The van der Waals surface area contributed by atoms with Gasteiger partial charge in [-0.2, -0.15) is 13.2 Å². The van der Waals surface area contributed by atoms with Crippen LogP contribution < -0.4 is 5.30 Å². The van der Waals surface area contributed by atoms with Gasteiger partial charge in [0.15, 0.2) is 0 Å². The minimum absolute atomic E-state index is 0.0262. The predicted octanol–water partition coefficient (Wildman–Crippen LogP) is 3.33. The van der Waals surface area contributed by atoms with E-state index in [9.17, 15) is 27.9 Å². The van der Waals surface area contributed by atoms with Crippen molar-refractivity contribution in [3.63, 3.8) is 0 Å². The number of hydrogen-bond acceptors (Lipinski definition) is 4. The van der Waals surface area contributed by atoms with Crippen LogP contribution in [0.4, 0.5) is 18.9 Å². The fourth-order valence-corrected chi connectivity index (χ4v) is 2.41. The highest BCUT2D eigenvalue weighted by Crippen LogP contribution is 2.36. The van der Waals surface area contributed by atoms with Crippen LogP contribution in [0.15, 0.2) is 12.1 Å². The molecule has 0 aliphatic carbocycles. The van der Waals surface area contributed by atoms with E-state index < -0.39 is 35.7 Å². The van der Waals surface area contributed by atoms with Gasteiger partial charge in [0.05, 0.1) is 10.5 Å². The topological polar surface area (TPSA) is 69.4 Å². The summed E-state index contributed by atoms with van der Waals surface area (Å²) in [5, 5.41) is 10.2. The molecule has 1 rings (SSSR count). The summed E-state index contributed by atoms with van der Waals surface area (Å²) < 4.78 is 54.4. The summed E-state index contributed by atoms with van der Waals surface area (Å²) in [7, 11) is -2.70. The summed E-state index contributed by atoms with van der Waals surface area (Å²) in [5.74, 6) is 0. The molecule has 0 aliphatic heterocycles. The van der Waals surface area contributed by atoms with Crippen molar-refractivity contribution in [2.75, 3.05) is 6.61 Å². The zero-order valence-corrected chi connectivity index (χ0v) is 10.9. The largest absolute Gasteiger partial charge is 0.556 e. The van der Waals surface area contributed by atoms with Crippen LogP contribution in [0.2, 0.25) is 0 Å². The Hall–Kier alpha value is -1.53. The molecular weight excluding hydrogens is 286 g/mol. The van der Waals surface area contributed by atoms with Gasteiger partial charge in [0, 0.05) is 12.1 Å². The van der Waals surface area contributed by atoms with E-state index in [1.165, 1.54) is 6.92 Å². The maximum atomic E-state index is 12.7. The predicted molar refractivity (Wildman–Crippen MR) is 61.7 cm³/mol. The third-order valence-electron chi connectivity index (χ3n) is 2.27. The Kier molecular flexibility index (Phi) is 4.60. The number of aryl methyl sites for hydroxylation is 1. The summed E-state index contributed by atoms with van der Waals surface area (Å²) >= 11 is 0. The molecule has 0 spiro atoms. The molecule has 0 saturated carbocycles. The Bertz CT molecular complexity index is 530. The minimum Gasteiger partial charge on any atom is -0.258 e. The van der Waals surface area contributed by atoms with E-state index in [2.05, 4.69) is 4.52 Å². The minimum atomic E-state index is -4.67. The molecule has 0 radical (unpaired) electrons. The number of nitro groups is 1. The molecule has 1 atom stereocenters. The molecule has 0 aromatic heterocycles. The lowest BCUT2D eigenvalue weighted by Gasteiger charge is -2.09. The third kappa shape index (κ3) is 3.48. The van der Waals surface area contributed by atoms with Crippen LogP contribution in [0.5, 0.6) is 0 Å². The van der Waals surface area contributed by atoms with Crippen molar-refractivity contribution in [1.82, 2.24) is 0 Å². The van der Waals surface area contributed by atoms with Crippen LogP contribution >= 0.6 is 8.03 Å². The molecule has 5 nitrogen and oxygen atoms in total. The molecule has 0 aliphatic rings. The van der Waals surface area contributed by atoms with E-state index in [1.54, 1.807) is 0 Å². The van der Waals surface area contributed by atoms with Crippen LogP contribution in [-0.2, 0) is 15.3 Å². The van der Waals surface area contributed by atoms with E-state index in [1.807, 2.05) is 0 Å². The Morgan fingerprint density at radius 3 is 2.42 bits per heavy atom. The highest BCUT2D eigenvalue weighted by molar-refractivity contribution is 7.48. The monoisotopic (exact) mass is 296 g/mol. The number of halogens is 3. The molecule has 0 fully saturated rings. The van der Waals surface area contributed by atoms with Crippen molar-refractivity contribution >= 4 is 19.0 Å². The first-order chi connectivity index (χ1) is 8.68. The molecule has 0 amide bonds. The molecule has 0 saturated heterocycles. The second kappa shape index (κ2) is 5.63. The van der Waals surface area contributed by atoms with Gasteiger partial charge in [0.1, 0.15) is 6.61 Å². The van der Waals surface area contributed by atoms with E-state index in [0.717, 1.165) is 13.0 Å². The van der Waals surface area contributed by atoms with Crippen molar-refractivity contribution in [2.45, 2.75) is 20.0 Å². The van der Waals surface area contributed by atoms with E-state index in [4.69, 9.17) is 0 Å². The highest BCUT2D eigenvalue weighted by atomic mass is 31.1. The molecule has 104 valence electrons. The van der Waals surface area contributed by atoms with Gasteiger partial charge in [-0.25, -0.2) is 0 Å². The van der Waals surface area contributed by atoms with Gasteiger partial charge in [-0.15, -0.1) is 4.52 Å². The second-order valence-corrected chi connectivity index (χ2v) is 4.84. The number of rotatable bonds is 4. The van der Waals surface area contributed by atoms with Crippen molar-refractivity contribution in [2.24, 2.45) is 0 Å². The van der Waals surface area contributed by atoms with Crippen LogP contribution in [0.1, 0.15) is 18.1 Å². The fourth-order valence-electron chi connectivity index (χ4n) is 1.47. The molecule has 19 heavy (non-hydrogen) atoms. The van der Waals surface area contributed by atoms with E-state index >= 15 is 0 Å². The van der Waals surface area contributed by atoms with Crippen LogP contribution in [0, 0.1) is 17.0 Å². The molecule has 0 bridgehead atoms. The number of alkyl halides is 3. The fraction of sp³-hybridized carbons (Fsp3) is 0.400. The van der Waals surface area contributed by atoms with E-state index in [0.29, 0.717) is 6.07 Å². The normalized spacial score (nSPS) is 12.4. The van der Waals surface area contributed by atoms with Gasteiger partial charge in [0.25, 0.3) is 0 Å². The van der Waals surface area contributed by atoms with Crippen LogP contribution in [-0.4, -0.2) is 11.5 Å². The summed E-state index contributed by atoms with van der Waals surface area (Å²) in [6.45, 7) is 2.56. The molecule has 0 heterocycles. The SMILES string of the molecule is CCO[P+](=O)c1cc(C(F)(F)F)c(C)cc1[N+](=O)[O-]. The number of nitro benzene ring substituents is 1. The Balaban J connectivity index is 3.49. The quantitative estimate of drug-likeness (QED) is 0.485. The van der Waals surface area contributed by atoms with Gasteiger partial charge >= 0.3 is 25.2 Å². The first-order valence-electron chi connectivity index (χ1n) is 5.14. The van der Waals surface area contributed by atoms with Crippen LogP contribution in [0.3, 0.4) is 0 Å². The maximum Gasteiger partial charge on any atom is 0.556 e. The lowest BCUT2D eigenvalue weighted by atomic mass is 10.1. The smallest absolute Gasteiger partial charge is 0.258 e. The van der Waals surface area contributed by atoms with Crippen molar-refractivity contribution in [3.8, 4) is 0 Å². The molecule has 1 aromatic carbocycles. The average molecular weight is 296 g/mol. The lowest BCUT2D eigenvalue weighted by molar-refractivity contribution is -0.383. The van der Waals surface area contributed by atoms with Crippen molar-refractivity contribution in [3.05, 3.63) is 33.4 Å². The maximum absolute atomic E-state index is 12.7. The lowest BCUT2D eigenvalue weighted by Crippen LogP contribution is -2.15. The zero-order chi connectivity index (χ0) is 14.8. The molecule has 1 unspecified atom stereocenters. The van der Waals surface area contributed by atoms with Crippen molar-refractivity contribution < 1.29 is 27.2 Å². The van der Waals surface area contributed by atoms with Gasteiger partial charge in [-0.05, 0) is 24.0 Å². The number of benzene rings is 1. The summed E-state index contributed by atoms with van der Waals surface area (Å²) in [5.41, 5.74) is -2.00. The van der Waals surface area contributed by atoms with Gasteiger partial charge in [-0.3, -0.25) is 10.1 Å². The molecule has 9 heteroatoms. The van der Waals surface area contributed by atoms with Gasteiger partial charge < -0.3 is 0 Å².